The number of aryl methyl sites for hydroxylation is 1. The van der Waals surface area contributed by atoms with Crippen LogP contribution >= 0.6 is 0 Å². The Bertz CT molecular complexity index is 392. The molecule has 1 N–H and O–H groups in total. The highest BCUT2D eigenvalue weighted by Gasteiger charge is 2.15. The fraction of sp³-hybridized carbons (Fsp3) is 0.667. The molecule has 1 aromatic rings. The van der Waals surface area contributed by atoms with Crippen LogP contribution in [-0.2, 0) is 13.6 Å². The van der Waals surface area contributed by atoms with Gasteiger partial charge < -0.3 is 5.11 Å². The van der Waals surface area contributed by atoms with Crippen LogP contribution < -0.4 is 0 Å². The maximum Gasteiger partial charge on any atom is 0.356 e. The summed E-state index contributed by atoms with van der Waals surface area (Å²) in [7, 11) is 1.81. The van der Waals surface area contributed by atoms with Crippen LogP contribution in [0.2, 0.25) is 0 Å². The number of hydrogen-bond donors (Lipinski definition) is 1. The quantitative estimate of drug-likeness (QED) is 0.865. The van der Waals surface area contributed by atoms with Crippen LogP contribution in [-0.4, -0.2) is 38.8 Å². The van der Waals surface area contributed by atoms with E-state index in [4.69, 9.17) is 5.11 Å². The Morgan fingerprint density at radius 1 is 1.35 bits per heavy atom. The molecule has 0 atom stereocenters. The van der Waals surface area contributed by atoms with Crippen LogP contribution in [0, 0.1) is 0 Å². The predicted molar refractivity (Wildman–Crippen MR) is 63.9 cm³/mol. The Morgan fingerprint density at radius 3 is 2.53 bits per heavy atom. The van der Waals surface area contributed by atoms with E-state index in [1.54, 1.807) is 17.8 Å². The van der Waals surface area contributed by atoms with E-state index in [-0.39, 0.29) is 5.69 Å². The average Bonchev–Trinajstić information content (AvgIpc) is 2.52. The number of hydrogen-bond acceptors (Lipinski definition) is 3. The van der Waals surface area contributed by atoms with Crippen molar-refractivity contribution in [2.75, 3.05) is 13.1 Å². The molecule has 5 nitrogen and oxygen atoms in total. The highest BCUT2D eigenvalue weighted by Crippen LogP contribution is 2.13. The Kier molecular flexibility index (Phi) is 3.78. The molecule has 17 heavy (non-hydrogen) atoms. The van der Waals surface area contributed by atoms with Gasteiger partial charge >= 0.3 is 5.97 Å². The van der Waals surface area contributed by atoms with Gasteiger partial charge in [0, 0.05) is 13.6 Å². The standard InChI is InChI=1S/C12H19N3O2/c1-14-10(8-11(13-14)12(16)17)9-15-6-4-2-3-5-7-15/h8H,2-7,9H2,1H3,(H,16,17). The molecule has 1 aliphatic rings. The van der Waals surface area contributed by atoms with Crippen LogP contribution in [0.15, 0.2) is 6.07 Å². The number of carboxylic acids is 1. The second-order valence-electron chi connectivity index (χ2n) is 4.64. The molecule has 0 aromatic carbocycles. The largest absolute Gasteiger partial charge is 0.476 e. The third kappa shape index (κ3) is 3.06. The molecule has 0 saturated carbocycles. The second kappa shape index (κ2) is 5.31. The molecule has 1 fully saturated rings. The van der Waals surface area contributed by atoms with Gasteiger partial charge in [0.1, 0.15) is 0 Å². The first-order valence-corrected chi connectivity index (χ1v) is 6.15. The molecule has 1 aromatic heterocycles. The van der Waals surface area contributed by atoms with Crippen molar-refractivity contribution in [2.45, 2.75) is 32.2 Å². The summed E-state index contributed by atoms with van der Waals surface area (Å²) in [4.78, 5) is 13.2. The average molecular weight is 237 g/mol. The van der Waals surface area contributed by atoms with Gasteiger partial charge in [-0.25, -0.2) is 4.79 Å². The van der Waals surface area contributed by atoms with Crippen molar-refractivity contribution < 1.29 is 9.90 Å². The van der Waals surface area contributed by atoms with Gasteiger partial charge in [-0.05, 0) is 32.0 Å². The zero-order valence-corrected chi connectivity index (χ0v) is 10.2. The minimum Gasteiger partial charge on any atom is -0.476 e. The molecule has 2 rings (SSSR count). The maximum absolute atomic E-state index is 10.8. The van der Waals surface area contributed by atoms with E-state index in [0.717, 1.165) is 25.3 Å². The van der Waals surface area contributed by atoms with Crippen molar-refractivity contribution in [3.8, 4) is 0 Å². The first-order chi connectivity index (χ1) is 8.16. The number of carboxylic acid groups (broad SMARTS) is 1. The predicted octanol–water partition coefficient (Wildman–Crippen LogP) is 1.49. The summed E-state index contributed by atoms with van der Waals surface area (Å²) in [6, 6.07) is 1.67. The van der Waals surface area contributed by atoms with Crippen molar-refractivity contribution in [3.63, 3.8) is 0 Å². The minimum absolute atomic E-state index is 0.136. The molecular formula is C12H19N3O2. The van der Waals surface area contributed by atoms with Gasteiger partial charge in [-0.1, -0.05) is 12.8 Å². The minimum atomic E-state index is -0.956. The lowest BCUT2D eigenvalue weighted by Gasteiger charge is -2.19. The molecule has 2 heterocycles. The van der Waals surface area contributed by atoms with Crippen LogP contribution in [0.25, 0.3) is 0 Å². The lowest BCUT2D eigenvalue weighted by atomic mass is 10.2. The summed E-state index contributed by atoms with van der Waals surface area (Å²) in [6.45, 7) is 3.01. The van der Waals surface area contributed by atoms with E-state index in [1.165, 1.54) is 25.7 Å². The van der Waals surface area contributed by atoms with E-state index in [2.05, 4.69) is 10.00 Å². The number of likely N-dealkylation sites (tertiary alicyclic amines) is 1. The van der Waals surface area contributed by atoms with Crippen LogP contribution in [0.3, 0.4) is 0 Å². The van der Waals surface area contributed by atoms with Crippen LogP contribution in [0.4, 0.5) is 0 Å². The first-order valence-electron chi connectivity index (χ1n) is 6.15. The lowest BCUT2D eigenvalue weighted by molar-refractivity contribution is 0.0689. The number of carbonyl (C=O) groups is 1. The van der Waals surface area contributed by atoms with Crippen molar-refractivity contribution in [1.29, 1.82) is 0 Å². The Hall–Kier alpha value is -1.36. The molecular weight excluding hydrogens is 218 g/mol. The molecule has 0 aliphatic carbocycles. The molecule has 0 radical (unpaired) electrons. The number of aromatic carboxylic acids is 1. The molecule has 0 unspecified atom stereocenters. The van der Waals surface area contributed by atoms with Gasteiger partial charge in [-0.3, -0.25) is 9.58 Å². The monoisotopic (exact) mass is 237 g/mol. The molecule has 1 saturated heterocycles. The summed E-state index contributed by atoms with van der Waals surface area (Å²) in [5.41, 5.74) is 1.11. The molecule has 0 amide bonds. The zero-order valence-electron chi connectivity index (χ0n) is 10.2. The molecule has 1 aliphatic heterocycles. The van der Waals surface area contributed by atoms with Gasteiger partial charge in [0.25, 0.3) is 0 Å². The fourth-order valence-electron chi connectivity index (χ4n) is 2.28. The maximum atomic E-state index is 10.8. The highest BCUT2D eigenvalue weighted by molar-refractivity contribution is 5.85. The number of rotatable bonds is 3. The van der Waals surface area contributed by atoms with Gasteiger partial charge in [-0.15, -0.1) is 0 Å². The fourth-order valence-corrected chi connectivity index (χ4v) is 2.28. The summed E-state index contributed by atoms with van der Waals surface area (Å²) in [6.07, 6.45) is 5.10. The van der Waals surface area contributed by atoms with Gasteiger partial charge in [0.2, 0.25) is 0 Å². The van der Waals surface area contributed by atoms with Gasteiger partial charge in [0.05, 0.1) is 5.69 Å². The normalized spacial score (nSPS) is 17.9. The van der Waals surface area contributed by atoms with E-state index in [1.807, 2.05) is 0 Å². The lowest BCUT2D eigenvalue weighted by Crippen LogP contribution is -2.25. The van der Waals surface area contributed by atoms with Crippen molar-refractivity contribution in [2.24, 2.45) is 7.05 Å². The van der Waals surface area contributed by atoms with Gasteiger partial charge in [0.15, 0.2) is 5.69 Å². The number of nitrogens with zero attached hydrogens (tertiary/aromatic N) is 3. The zero-order chi connectivity index (χ0) is 12.3. The summed E-state index contributed by atoms with van der Waals surface area (Å²) < 4.78 is 1.67. The van der Waals surface area contributed by atoms with Gasteiger partial charge in [-0.2, -0.15) is 5.10 Å². The van der Waals surface area contributed by atoms with E-state index >= 15 is 0 Å². The second-order valence-corrected chi connectivity index (χ2v) is 4.64. The van der Waals surface area contributed by atoms with E-state index in [0.29, 0.717) is 0 Å². The van der Waals surface area contributed by atoms with Crippen LogP contribution in [0.1, 0.15) is 41.9 Å². The summed E-state index contributed by atoms with van der Waals surface area (Å²) >= 11 is 0. The third-order valence-corrected chi connectivity index (χ3v) is 3.28. The van der Waals surface area contributed by atoms with E-state index < -0.39 is 5.97 Å². The SMILES string of the molecule is Cn1nc(C(=O)O)cc1CN1CCCCCC1. The molecule has 0 bridgehead atoms. The topological polar surface area (TPSA) is 58.4 Å². The first kappa shape index (κ1) is 12.1. The van der Waals surface area contributed by atoms with Crippen molar-refractivity contribution in [3.05, 3.63) is 17.5 Å². The van der Waals surface area contributed by atoms with Crippen molar-refractivity contribution in [1.82, 2.24) is 14.7 Å². The summed E-state index contributed by atoms with van der Waals surface area (Å²) in [5.74, 6) is -0.956. The molecule has 5 heteroatoms. The highest BCUT2D eigenvalue weighted by atomic mass is 16.4. The van der Waals surface area contributed by atoms with Crippen LogP contribution in [0.5, 0.6) is 0 Å². The van der Waals surface area contributed by atoms with E-state index in [9.17, 15) is 4.79 Å². The van der Waals surface area contributed by atoms with Crippen molar-refractivity contribution >= 4 is 5.97 Å². The third-order valence-electron chi connectivity index (χ3n) is 3.28. The Morgan fingerprint density at radius 2 is 2.00 bits per heavy atom. The Labute approximate surface area is 101 Å². The Balaban J connectivity index is 2.04. The number of aromatic nitrogens is 2. The smallest absolute Gasteiger partial charge is 0.356 e. The molecule has 0 spiro atoms. The molecule has 94 valence electrons. The summed E-state index contributed by atoms with van der Waals surface area (Å²) in [5, 5.41) is 12.9.